The lowest BCUT2D eigenvalue weighted by Crippen LogP contribution is -2.18. The Morgan fingerprint density at radius 3 is 2.24 bits per heavy atom. The topological polar surface area (TPSA) is 17.1 Å². The van der Waals surface area contributed by atoms with Crippen LogP contribution in [0.25, 0.3) is 0 Å². The molecule has 1 aromatic carbocycles. The Balaban J connectivity index is 1.81. The van der Waals surface area contributed by atoms with Crippen molar-refractivity contribution in [3.05, 3.63) is 35.4 Å². The van der Waals surface area contributed by atoms with Gasteiger partial charge in [0.15, 0.2) is 0 Å². The van der Waals surface area contributed by atoms with Crippen molar-refractivity contribution < 1.29 is 4.79 Å². The molecule has 0 spiro atoms. The molecular formula is C20H30O. The number of carbonyl (C=O) groups excluding carboxylic acids is 1. The third-order valence-corrected chi connectivity index (χ3v) is 5.07. The minimum Gasteiger partial charge on any atom is -0.300 e. The molecule has 0 unspecified atom stereocenters. The van der Waals surface area contributed by atoms with Gasteiger partial charge in [-0.1, -0.05) is 50.5 Å². The van der Waals surface area contributed by atoms with E-state index in [2.05, 4.69) is 31.2 Å². The van der Waals surface area contributed by atoms with E-state index in [9.17, 15) is 4.79 Å². The second-order valence-corrected chi connectivity index (χ2v) is 6.71. The zero-order valence-corrected chi connectivity index (χ0v) is 13.7. The highest BCUT2D eigenvalue weighted by Gasteiger charge is 2.24. The lowest BCUT2D eigenvalue weighted by Gasteiger charge is -2.27. The van der Waals surface area contributed by atoms with Gasteiger partial charge < -0.3 is 0 Å². The monoisotopic (exact) mass is 286 g/mol. The van der Waals surface area contributed by atoms with Crippen molar-refractivity contribution in [3.8, 4) is 0 Å². The van der Waals surface area contributed by atoms with Gasteiger partial charge in [0.25, 0.3) is 0 Å². The summed E-state index contributed by atoms with van der Waals surface area (Å²) in [5.74, 6) is 1.39. The van der Waals surface area contributed by atoms with Crippen molar-refractivity contribution in [2.24, 2.45) is 5.92 Å². The molecule has 0 radical (unpaired) electrons. The molecule has 0 saturated heterocycles. The fourth-order valence-corrected chi connectivity index (χ4v) is 3.55. The summed E-state index contributed by atoms with van der Waals surface area (Å²) in [4.78, 5) is 11.4. The van der Waals surface area contributed by atoms with Gasteiger partial charge in [-0.15, -0.1) is 0 Å². The fourth-order valence-electron chi connectivity index (χ4n) is 3.55. The summed E-state index contributed by atoms with van der Waals surface area (Å²) in [7, 11) is 0. The van der Waals surface area contributed by atoms with E-state index >= 15 is 0 Å². The van der Waals surface area contributed by atoms with Gasteiger partial charge in [-0.2, -0.15) is 0 Å². The quantitative estimate of drug-likeness (QED) is 0.590. The van der Waals surface area contributed by atoms with Gasteiger partial charge in [0.05, 0.1) is 0 Å². The third-order valence-electron chi connectivity index (χ3n) is 5.07. The summed E-state index contributed by atoms with van der Waals surface area (Å²) >= 11 is 0. The summed E-state index contributed by atoms with van der Waals surface area (Å²) in [5.41, 5.74) is 2.96. The summed E-state index contributed by atoms with van der Waals surface area (Å²) in [6, 6.07) is 9.29. The highest BCUT2D eigenvalue weighted by atomic mass is 16.1. The number of ketones is 1. The van der Waals surface area contributed by atoms with Gasteiger partial charge in [-0.05, 0) is 62.5 Å². The minimum atomic E-state index is 0.332. The molecule has 1 saturated carbocycles. The van der Waals surface area contributed by atoms with Crippen LogP contribution in [0.2, 0.25) is 0 Å². The molecule has 0 atom stereocenters. The minimum absolute atomic E-state index is 0.332. The van der Waals surface area contributed by atoms with Gasteiger partial charge in [0.1, 0.15) is 5.78 Å². The summed E-state index contributed by atoms with van der Waals surface area (Å²) in [6.45, 7) is 4.01. The standard InChI is InChI=1S/C20H30O/c1-3-4-5-6-7-17-8-10-19(11-9-17)20-14-12-18(13-15-20)16(2)21/h8-11,18,20H,3-7,12-15H2,1-2H3. The highest BCUT2D eigenvalue weighted by Crippen LogP contribution is 2.36. The molecule has 1 aliphatic carbocycles. The Bertz CT molecular complexity index is 424. The molecule has 1 aliphatic rings. The first-order valence-electron chi connectivity index (χ1n) is 8.80. The number of aryl methyl sites for hydroxylation is 1. The fraction of sp³-hybridized carbons (Fsp3) is 0.650. The van der Waals surface area contributed by atoms with Crippen LogP contribution in [0.5, 0.6) is 0 Å². The molecule has 2 rings (SSSR count). The maximum Gasteiger partial charge on any atom is 0.132 e. The van der Waals surface area contributed by atoms with Crippen molar-refractivity contribution in [1.82, 2.24) is 0 Å². The molecule has 116 valence electrons. The van der Waals surface area contributed by atoms with E-state index in [1.807, 2.05) is 0 Å². The van der Waals surface area contributed by atoms with E-state index in [4.69, 9.17) is 0 Å². The van der Waals surface area contributed by atoms with E-state index in [-0.39, 0.29) is 0 Å². The number of carbonyl (C=O) groups is 1. The molecule has 0 N–H and O–H groups in total. The molecule has 1 aromatic rings. The van der Waals surface area contributed by atoms with Crippen LogP contribution < -0.4 is 0 Å². The second-order valence-electron chi connectivity index (χ2n) is 6.71. The second kappa shape index (κ2) is 8.36. The Labute approximate surface area is 130 Å². The zero-order valence-electron chi connectivity index (χ0n) is 13.7. The van der Waals surface area contributed by atoms with E-state index in [1.165, 1.54) is 56.1 Å². The number of unbranched alkanes of at least 4 members (excludes halogenated alkanes) is 3. The van der Waals surface area contributed by atoms with Crippen LogP contribution in [0.1, 0.15) is 82.3 Å². The van der Waals surface area contributed by atoms with Gasteiger partial charge in [0.2, 0.25) is 0 Å². The highest BCUT2D eigenvalue weighted by molar-refractivity contribution is 5.78. The van der Waals surface area contributed by atoms with Gasteiger partial charge in [0, 0.05) is 5.92 Å². The van der Waals surface area contributed by atoms with E-state index in [0.29, 0.717) is 17.6 Å². The molecule has 0 aliphatic heterocycles. The van der Waals surface area contributed by atoms with Crippen molar-refractivity contribution in [2.45, 2.75) is 77.6 Å². The molecule has 0 heterocycles. The normalized spacial score (nSPS) is 22.2. The lowest BCUT2D eigenvalue weighted by atomic mass is 9.77. The van der Waals surface area contributed by atoms with Crippen LogP contribution in [0.3, 0.4) is 0 Å². The largest absolute Gasteiger partial charge is 0.300 e. The van der Waals surface area contributed by atoms with Gasteiger partial charge >= 0.3 is 0 Å². The van der Waals surface area contributed by atoms with Crippen molar-refractivity contribution in [2.75, 3.05) is 0 Å². The van der Waals surface area contributed by atoms with Crippen LogP contribution in [0.4, 0.5) is 0 Å². The van der Waals surface area contributed by atoms with E-state index in [0.717, 1.165) is 12.8 Å². The first-order chi connectivity index (χ1) is 10.2. The van der Waals surface area contributed by atoms with Crippen LogP contribution in [0, 0.1) is 5.92 Å². The summed E-state index contributed by atoms with van der Waals surface area (Å²) in [5, 5.41) is 0. The summed E-state index contributed by atoms with van der Waals surface area (Å²) in [6.07, 6.45) is 11.1. The molecule has 1 fully saturated rings. The average Bonchev–Trinajstić information content (AvgIpc) is 2.52. The van der Waals surface area contributed by atoms with Crippen LogP contribution >= 0.6 is 0 Å². The predicted octanol–water partition coefficient (Wildman–Crippen LogP) is 5.67. The molecule has 0 aromatic heterocycles. The molecule has 21 heavy (non-hydrogen) atoms. The van der Waals surface area contributed by atoms with Crippen LogP contribution in [-0.4, -0.2) is 5.78 Å². The third kappa shape index (κ3) is 4.98. The smallest absolute Gasteiger partial charge is 0.132 e. The summed E-state index contributed by atoms with van der Waals surface area (Å²) < 4.78 is 0. The first kappa shape index (κ1) is 16.3. The molecular weight excluding hydrogens is 256 g/mol. The van der Waals surface area contributed by atoms with Gasteiger partial charge in [-0.25, -0.2) is 0 Å². The number of Topliss-reactive ketones (excluding diaryl/α,β-unsaturated/α-hetero) is 1. The van der Waals surface area contributed by atoms with E-state index in [1.54, 1.807) is 6.92 Å². The Kier molecular flexibility index (Phi) is 6.48. The maximum absolute atomic E-state index is 11.4. The van der Waals surface area contributed by atoms with E-state index < -0.39 is 0 Å². The van der Waals surface area contributed by atoms with Crippen molar-refractivity contribution in [1.29, 1.82) is 0 Å². The number of benzene rings is 1. The zero-order chi connectivity index (χ0) is 15.1. The Morgan fingerprint density at radius 1 is 1.00 bits per heavy atom. The van der Waals surface area contributed by atoms with Crippen molar-refractivity contribution >= 4 is 5.78 Å². The molecule has 0 amide bonds. The number of hydrogen-bond donors (Lipinski definition) is 0. The van der Waals surface area contributed by atoms with Gasteiger partial charge in [-0.3, -0.25) is 4.79 Å². The van der Waals surface area contributed by atoms with Crippen molar-refractivity contribution in [3.63, 3.8) is 0 Å². The molecule has 1 nitrogen and oxygen atoms in total. The number of rotatable bonds is 7. The van der Waals surface area contributed by atoms with Crippen LogP contribution in [-0.2, 0) is 11.2 Å². The Morgan fingerprint density at radius 2 is 1.67 bits per heavy atom. The maximum atomic E-state index is 11.4. The molecule has 1 heteroatoms. The SMILES string of the molecule is CCCCCCc1ccc(C2CCC(C(C)=O)CC2)cc1. The molecule has 0 bridgehead atoms. The Hall–Kier alpha value is -1.11. The number of hydrogen-bond acceptors (Lipinski definition) is 1. The lowest BCUT2D eigenvalue weighted by molar-refractivity contribution is -0.121. The van der Waals surface area contributed by atoms with Crippen LogP contribution in [0.15, 0.2) is 24.3 Å². The average molecular weight is 286 g/mol. The predicted molar refractivity (Wildman–Crippen MR) is 89.7 cm³/mol. The first-order valence-corrected chi connectivity index (χ1v) is 8.80.